The molecule has 0 spiro atoms. The Morgan fingerprint density at radius 2 is 1.94 bits per heavy atom. The van der Waals surface area contributed by atoms with Crippen molar-refractivity contribution in [3.8, 4) is 23.1 Å². The molecule has 0 bridgehead atoms. The molecule has 1 amide bonds. The van der Waals surface area contributed by atoms with Gasteiger partial charge in [-0.2, -0.15) is 0 Å². The zero-order valence-electron chi connectivity index (χ0n) is 21.5. The van der Waals surface area contributed by atoms with Crippen LogP contribution in [0, 0.1) is 18.8 Å². The van der Waals surface area contributed by atoms with Gasteiger partial charge in [-0.1, -0.05) is 31.4 Å². The van der Waals surface area contributed by atoms with Gasteiger partial charge in [-0.3, -0.25) is 19.1 Å². The van der Waals surface area contributed by atoms with E-state index in [0.29, 0.717) is 17.9 Å². The van der Waals surface area contributed by atoms with Crippen LogP contribution in [0.15, 0.2) is 55.0 Å². The summed E-state index contributed by atoms with van der Waals surface area (Å²) in [6.45, 7) is 8.75. The van der Waals surface area contributed by atoms with E-state index in [4.69, 9.17) is 4.98 Å². The molecule has 0 radical (unpaired) electrons. The van der Waals surface area contributed by atoms with E-state index in [2.05, 4.69) is 50.3 Å². The highest BCUT2D eigenvalue weighted by Gasteiger charge is 2.22. The lowest BCUT2D eigenvalue weighted by Gasteiger charge is -2.21. The standard InChI is InChI=1S/C29H32N6O/c1-6-8-17-34(5)21(4)28-33-26(27-20(3)30-16-18-35(27)28)23-10-12-24(13-11-23)29(36)32-25-19-22(9-7-2)14-15-31-25/h10-16,18-19,21H,7,9,17H2,1-5H3,(H,31,32,36)/t21-/m0/s1. The molecule has 1 atom stereocenters. The minimum absolute atomic E-state index is 0.0509. The Bertz CT molecular complexity index is 1430. The quantitative estimate of drug-likeness (QED) is 0.346. The highest BCUT2D eigenvalue weighted by atomic mass is 16.1. The lowest BCUT2D eigenvalue weighted by atomic mass is 10.1. The highest BCUT2D eigenvalue weighted by molar-refractivity contribution is 6.04. The smallest absolute Gasteiger partial charge is 0.256 e. The van der Waals surface area contributed by atoms with Crippen LogP contribution in [-0.2, 0) is 6.42 Å². The molecule has 0 aliphatic heterocycles. The number of fused-ring (bicyclic) bond motifs is 1. The largest absolute Gasteiger partial charge is 0.307 e. The van der Waals surface area contributed by atoms with E-state index in [0.717, 1.165) is 46.7 Å². The van der Waals surface area contributed by atoms with Gasteiger partial charge in [0, 0.05) is 29.7 Å². The first kappa shape index (κ1) is 25.1. The van der Waals surface area contributed by atoms with Crippen LogP contribution in [0.2, 0.25) is 0 Å². The number of aryl methyl sites for hydroxylation is 2. The molecule has 36 heavy (non-hydrogen) atoms. The zero-order valence-corrected chi connectivity index (χ0v) is 21.5. The molecule has 3 aromatic heterocycles. The Balaban J connectivity index is 1.63. The molecule has 0 saturated carbocycles. The molecule has 0 fully saturated rings. The predicted octanol–water partition coefficient (Wildman–Crippen LogP) is 5.32. The fourth-order valence-corrected chi connectivity index (χ4v) is 4.21. The van der Waals surface area contributed by atoms with E-state index in [-0.39, 0.29) is 11.9 Å². The Hall–Kier alpha value is -4.02. The van der Waals surface area contributed by atoms with Crippen LogP contribution in [0.25, 0.3) is 16.8 Å². The van der Waals surface area contributed by atoms with Gasteiger partial charge < -0.3 is 5.32 Å². The van der Waals surface area contributed by atoms with Crippen LogP contribution in [0.5, 0.6) is 0 Å². The van der Waals surface area contributed by atoms with Gasteiger partial charge in [0.1, 0.15) is 11.6 Å². The molecule has 7 heteroatoms. The second-order valence-corrected chi connectivity index (χ2v) is 8.90. The van der Waals surface area contributed by atoms with Crippen molar-refractivity contribution in [3.63, 3.8) is 0 Å². The number of rotatable bonds is 8. The van der Waals surface area contributed by atoms with E-state index in [9.17, 15) is 4.79 Å². The Morgan fingerprint density at radius 1 is 1.17 bits per heavy atom. The number of benzene rings is 1. The number of anilines is 1. The second kappa shape index (κ2) is 11.1. The average molecular weight is 481 g/mol. The van der Waals surface area contributed by atoms with Crippen LogP contribution in [0.1, 0.15) is 60.7 Å². The summed E-state index contributed by atoms with van der Waals surface area (Å²) in [5.41, 5.74) is 5.35. The third-order valence-electron chi connectivity index (χ3n) is 6.33. The summed E-state index contributed by atoms with van der Waals surface area (Å²) in [5, 5.41) is 2.91. The molecular weight excluding hydrogens is 448 g/mol. The van der Waals surface area contributed by atoms with Crippen molar-refractivity contribution < 1.29 is 4.79 Å². The molecule has 4 rings (SSSR count). The maximum atomic E-state index is 12.9. The minimum atomic E-state index is -0.191. The first-order valence-electron chi connectivity index (χ1n) is 12.2. The third kappa shape index (κ3) is 5.29. The van der Waals surface area contributed by atoms with E-state index < -0.39 is 0 Å². The molecule has 0 unspecified atom stereocenters. The summed E-state index contributed by atoms with van der Waals surface area (Å²) in [6.07, 6.45) is 7.47. The van der Waals surface area contributed by atoms with E-state index in [1.165, 1.54) is 0 Å². The molecule has 4 aromatic rings. The van der Waals surface area contributed by atoms with Gasteiger partial charge in [0.15, 0.2) is 0 Å². The van der Waals surface area contributed by atoms with Gasteiger partial charge in [-0.25, -0.2) is 9.97 Å². The fourth-order valence-electron chi connectivity index (χ4n) is 4.21. The highest BCUT2D eigenvalue weighted by Crippen LogP contribution is 2.30. The summed E-state index contributed by atoms with van der Waals surface area (Å²) in [7, 11) is 2.05. The number of hydrogen-bond acceptors (Lipinski definition) is 5. The second-order valence-electron chi connectivity index (χ2n) is 8.90. The summed E-state index contributed by atoms with van der Waals surface area (Å²) in [5.74, 6) is 7.37. The van der Waals surface area contributed by atoms with Crippen molar-refractivity contribution in [1.82, 2.24) is 24.3 Å². The van der Waals surface area contributed by atoms with Crippen LogP contribution >= 0.6 is 0 Å². The van der Waals surface area contributed by atoms with Crippen LogP contribution in [0.3, 0.4) is 0 Å². The van der Waals surface area contributed by atoms with Crippen molar-refractivity contribution in [3.05, 3.63) is 77.6 Å². The molecule has 0 aliphatic carbocycles. The SMILES string of the molecule is CC#CCN(C)[C@@H](C)c1nc(-c2ccc(C(=O)Nc3cc(CCC)ccn3)cc2)c2c(C)nccn12. The molecule has 184 valence electrons. The number of hydrogen-bond donors (Lipinski definition) is 1. The van der Waals surface area contributed by atoms with Crippen LogP contribution in [0.4, 0.5) is 5.82 Å². The monoisotopic (exact) mass is 480 g/mol. The van der Waals surface area contributed by atoms with Gasteiger partial charge in [0.05, 0.1) is 29.5 Å². The number of carbonyl (C=O) groups excluding carboxylic acids is 1. The maximum Gasteiger partial charge on any atom is 0.256 e. The van der Waals surface area contributed by atoms with Crippen LogP contribution < -0.4 is 5.32 Å². The first-order valence-corrected chi connectivity index (χ1v) is 12.2. The van der Waals surface area contributed by atoms with Crippen molar-refractivity contribution in [2.45, 2.75) is 46.6 Å². The number of imidazole rings is 1. The Kier molecular flexibility index (Phi) is 7.77. The maximum absolute atomic E-state index is 12.9. The van der Waals surface area contributed by atoms with E-state index in [1.807, 2.05) is 63.5 Å². The van der Waals surface area contributed by atoms with Gasteiger partial charge in [0.2, 0.25) is 0 Å². The van der Waals surface area contributed by atoms with E-state index in [1.54, 1.807) is 12.4 Å². The molecule has 0 saturated heterocycles. The van der Waals surface area contributed by atoms with Crippen molar-refractivity contribution in [1.29, 1.82) is 0 Å². The summed E-state index contributed by atoms with van der Waals surface area (Å²) >= 11 is 0. The number of amides is 1. The lowest BCUT2D eigenvalue weighted by Crippen LogP contribution is -2.24. The van der Waals surface area contributed by atoms with Crippen molar-refractivity contribution in [2.24, 2.45) is 0 Å². The van der Waals surface area contributed by atoms with Gasteiger partial charge in [-0.15, -0.1) is 5.92 Å². The molecule has 1 aromatic carbocycles. The topological polar surface area (TPSA) is 75.4 Å². The van der Waals surface area contributed by atoms with Crippen molar-refractivity contribution >= 4 is 17.2 Å². The molecule has 1 N–H and O–H groups in total. The summed E-state index contributed by atoms with van der Waals surface area (Å²) in [6, 6.07) is 11.5. The third-order valence-corrected chi connectivity index (χ3v) is 6.33. The normalized spacial score (nSPS) is 11.8. The lowest BCUT2D eigenvalue weighted by molar-refractivity contribution is 0.102. The summed E-state index contributed by atoms with van der Waals surface area (Å²) in [4.78, 5) is 28.9. The molecule has 0 aliphatic rings. The molecule has 3 heterocycles. The molecular formula is C29H32N6O. The predicted molar refractivity (Wildman–Crippen MR) is 144 cm³/mol. The van der Waals surface area contributed by atoms with Crippen molar-refractivity contribution in [2.75, 3.05) is 18.9 Å². The van der Waals surface area contributed by atoms with E-state index >= 15 is 0 Å². The number of carbonyl (C=O) groups is 1. The van der Waals surface area contributed by atoms with Gasteiger partial charge >= 0.3 is 0 Å². The zero-order chi connectivity index (χ0) is 25.7. The van der Waals surface area contributed by atoms with Gasteiger partial charge in [-0.05, 0) is 64.1 Å². The number of aromatic nitrogens is 4. The average Bonchev–Trinajstić information content (AvgIpc) is 3.28. The minimum Gasteiger partial charge on any atom is -0.307 e. The number of pyridine rings is 1. The van der Waals surface area contributed by atoms with Crippen LogP contribution in [-0.4, -0.2) is 43.8 Å². The fraction of sp³-hybridized carbons (Fsp3) is 0.310. The summed E-state index contributed by atoms with van der Waals surface area (Å²) < 4.78 is 2.10. The Labute approximate surface area is 212 Å². The number of nitrogens with zero attached hydrogens (tertiary/aromatic N) is 5. The Morgan fingerprint density at radius 3 is 2.67 bits per heavy atom. The van der Waals surface area contributed by atoms with Gasteiger partial charge in [0.25, 0.3) is 5.91 Å². The first-order chi connectivity index (χ1) is 17.4. The number of nitrogens with one attached hydrogen (secondary N) is 1. The molecule has 7 nitrogen and oxygen atoms in total.